The van der Waals surface area contributed by atoms with Gasteiger partial charge in [-0.05, 0) is 30.5 Å². The predicted octanol–water partition coefficient (Wildman–Crippen LogP) is 3.30. The lowest BCUT2D eigenvalue weighted by molar-refractivity contribution is 0.00159. The van der Waals surface area contributed by atoms with Gasteiger partial charge in [-0.15, -0.1) is 0 Å². The zero-order valence-electron chi connectivity index (χ0n) is 18.1. The Morgan fingerprint density at radius 1 is 1.10 bits per heavy atom. The number of carbonyl (C=O) groups is 1. The third kappa shape index (κ3) is 3.98. The fraction of sp³-hybridized carbons (Fsp3) is 0.440. The molecule has 0 unspecified atom stereocenters. The number of nitrogens with zero attached hydrogens (tertiary/aromatic N) is 3. The first-order valence-electron chi connectivity index (χ1n) is 11.3. The van der Waals surface area contributed by atoms with E-state index in [0.717, 1.165) is 86.7 Å². The van der Waals surface area contributed by atoms with E-state index < -0.39 is 0 Å². The molecule has 2 saturated heterocycles. The minimum atomic E-state index is 0.135. The number of likely N-dealkylation sites (tertiary alicyclic amines) is 1. The van der Waals surface area contributed by atoms with Crippen molar-refractivity contribution >= 4 is 17.7 Å². The van der Waals surface area contributed by atoms with E-state index >= 15 is 0 Å². The number of rotatable bonds is 4. The monoisotopic (exact) mass is 418 g/mol. The van der Waals surface area contributed by atoms with Crippen LogP contribution in [0, 0.1) is 0 Å². The van der Waals surface area contributed by atoms with Crippen LogP contribution in [0.5, 0.6) is 0 Å². The Morgan fingerprint density at radius 3 is 2.55 bits per heavy atom. The molecule has 6 nitrogen and oxygen atoms in total. The van der Waals surface area contributed by atoms with Gasteiger partial charge in [0.25, 0.3) is 5.91 Å². The maximum Gasteiger partial charge on any atom is 0.253 e. The molecule has 3 aliphatic rings. The predicted molar refractivity (Wildman–Crippen MR) is 123 cm³/mol. The highest BCUT2D eigenvalue weighted by atomic mass is 16.5. The number of nitrogens with one attached hydrogen (secondary N) is 1. The fourth-order valence-corrected chi connectivity index (χ4v) is 5.04. The van der Waals surface area contributed by atoms with Gasteiger partial charge in [-0.2, -0.15) is 0 Å². The first kappa shape index (κ1) is 20.2. The molecule has 1 N–H and O–H groups in total. The van der Waals surface area contributed by atoms with Gasteiger partial charge in [-0.1, -0.05) is 24.3 Å². The number of hydrogen-bond donors (Lipinski definition) is 1. The van der Waals surface area contributed by atoms with Crippen LogP contribution in [-0.4, -0.2) is 73.2 Å². The van der Waals surface area contributed by atoms with E-state index in [4.69, 9.17) is 4.74 Å². The molecule has 1 aliphatic carbocycles. The molecule has 2 aromatic rings. The first-order valence-corrected chi connectivity index (χ1v) is 11.3. The van der Waals surface area contributed by atoms with Gasteiger partial charge in [-0.3, -0.25) is 14.7 Å². The molecule has 3 heterocycles. The number of benzene rings is 1. The summed E-state index contributed by atoms with van der Waals surface area (Å²) >= 11 is 0. The van der Waals surface area contributed by atoms with E-state index in [1.165, 1.54) is 5.56 Å². The van der Waals surface area contributed by atoms with Crippen molar-refractivity contribution in [1.29, 1.82) is 0 Å². The van der Waals surface area contributed by atoms with Gasteiger partial charge in [0.1, 0.15) is 0 Å². The molecule has 2 fully saturated rings. The summed E-state index contributed by atoms with van der Waals surface area (Å²) in [5.41, 5.74) is 6.28. The number of ether oxygens (including phenoxy) is 1. The molecule has 5 rings (SSSR count). The van der Waals surface area contributed by atoms with E-state index in [0.29, 0.717) is 6.04 Å². The summed E-state index contributed by atoms with van der Waals surface area (Å²) in [4.78, 5) is 22.2. The van der Waals surface area contributed by atoms with Crippen molar-refractivity contribution in [1.82, 2.24) is 14.8 Å². The lowest BCUT2D eigenvalue weighted by Gasteiger charge is -2.40. The Bertz CT molecular complexity index is 972. The van der Waals surface area contributed by atoms with Crippen molar-refractivity contribution in [2.24, 2.45) is 0 Å². The number of piperidine rings is 1. The van der Waals surface area contributed by atoms with Gasteiger partial charge in [0.2, 0.25) is 0 Å². The number of hydrogen-bond acceptors (Lipinski definition) is 5. The van der Waals surface area contributed by atoms with Gasteiger partial charge in [0.15, 0.2) is 0 Å². The first-order chi connectivity index (χ1) is 15.2. The standard InChI is InChI=1S/C25H30N4O2/c1-26-24-21-3-2-4-23(21)27-17-22(24)18-5-7-19(8-6-18)25(30)29-11-9-20(10-12-29)28-13-15-31-16-14-28/h2-3,5-8,17,20H,4,9-16H2,1H3,(H,26,27). The van der Waals surface area contributed by atoms with Crippen molar-refractivity contribution in [3.8, 4) is 11.1 Å². The van der Waals surface area contributed by atoms with E-state index in [1.54, 1.807) is 0 Å². The van der Waals surface area contributed by atoms with Gasteiger partial charge < -0.3 is 15.0 Å². The summed E-state index contributed by atoms with van der Waals surface area (Å²) in [5.74, 6) is 0.135. The lowest BCUT2D eigenvalue weighted by Crippen LogP contribution is -2.50. The highest BCUT2D eigenvalue weighted by Gasteiger charge is 2.28. The van der Waals surface area contributed by atoms with Crippen molar-refractivity contribution < 1.29 is 9.53 Å². The molecule has 0 saturated carbocycles. The highest BCUT2D eigenvalue weighted by Crippen LogP contribution is 2.35. The molecule has 1 aromatic carbocycles. The number of pyridine rings is 1. The van der Waals surface area contributed by atoms with E-state index in [2.05, 4.69) is 27.4 Å². The van der Waals surface area contributed by atoms with E-state index in [9.17, 15) is 4.79 Å². The third-order valence-corrected chi connectivity index (χ3v) is 6.80. The molecule has 2 aliphatic heterocycles. The van der Waals surface area contributed by atoms with Gasteiger partial charge in [-0.25, -0.2) is 0 Å². The molecule has 0 atom stereocenters. The quantitative estimate of drug-likeness (QED) is 0.826. The van der Waals surface area contributed by atoms with Crippen LogP contribution in [0.3, 0.4) is 0 Å². The van der Waals surface area contributed by atoms with Crippen LogP contribution in [0.15, 0.2) is 36.5 Å². The Hall–Kier alpha value is -2.70. The number of fused-ring (bicyclic) bond motifs is 1. The molecular weight excluding hydrogens is 388 g/mol. The zero-order valence-corrected chi connectivity index (χ0v) is 18.1. The normalized spacial score (nSPS) is 19.5. The Balaban J connectivity index is 1.27. The maximum absolute atomic E-state index is 13.1. The number of aromatic nitrogens is 1. The summed E-state index contributed by atoms with van der Waals surface area (Å²) in [5, 5.41) is 3.34. The Kier molecular flexibility index (Phi) is 5.74. The van der Waals surface area contributed by atoms with Crippen LogP contribution in [0.4, 0.5) is 5.69 Å². The third-order valence-electron chi connectivity index (χ3n) is 6.80. The van der Waals surface area contributed by atoms with Crippen LogP contribution in [-0.2, 0) is 11.2 Å². The lowest BCUT2D eigenvalue weighted by atomic mass is 9.99. The SMILES string of the molecule is CNc1c(-c2ccc(C(=O)N3CCC(N4CCOCC4)CC3)cc2)cnc2c1C=CC2. The average Bonchev–Trinajstić information content (AvgIpc) is 3.33. The molecule has 31 heavy (non-hydrogen) atoms. The summed E-state index contributed by atoms with van der Waals surface area (Å²) in [6.45, 7) is 5.35. The van der Waals surface area contributed by atoms with Gasteiger partial charge in [0, 0.05) is 68.6 Å². The minimum absolute atomic E-state index is 0.135. The number of anilines is 1. The molecule has 0 spiro atoms. The van der Waals surface area contributed by atoms with Crippen molar-refractivity contribution in [2.45, 2.75) is 25.3 Å². The van der Waals surface area contributed by atoms with Crippen LogP contribution in [0.25, 0.3) is 17.2 Å². The van der Waals surface area contributed by atoms with Gasteiger partial charge in [0.05, 0.1) is 24.6 Å². The summed E-state index contributed by atoms with van der Waals surface area (Å²) < 4.78 is 5.47. The van der Waals surface area contributed by atoms with E-state index in [1.807, 2.05) is 42.4 Å². The summed E-state index contributed by atoms with van der Waals surface area (Å²) in [7, 11) is 1.95. The summed E-state index contributed by atoms with van der Waals surface area (Å²) in [6, 6.07) is 8.56. The second-order valence-electron chi connectivity index (χ2n) is 8.51. The molecule has 1 amide bonds. The average molecular weight is 419 g/mol. The van der Waals surface area contributed by atoms with Crippen LogP contribution in [0.2, 0.25) is 0 Å². The molecule has 0 bridgehead atoms. The fourth-order valence-electron chi connectivity index (χ4n) is 5.04. The number of amides is 1. The second-order valence-corrected chi connectivity index (χ2v) is 8.51. The summed E-state index contributed by atoms with van der Waals surface area (Å²) in [6.07, 6.45) is 9.20. The van der Waals surface area contributed by atoms with Crippen LogP contribution >= 0.6 is 0 Å². The molecule has 6 heteroatoms. The highest BCUT2D eigenvalue weighted by molar-refractivity contribution is 5.95. The topological polar surface area (TPSA) is 57.7 Å². The van der Waals surface area contributed by atoms with Crippen molar-refractivity contribution in [2.75, 3.05) is 51.8 Å². The molecule has 0 radical (unpaired) electrons. The molecule has 1 aromatic heterocycles. The van der Waals surface area contributed by atoms with E-state index in [-0.39, 0.29) is 5.91 Å². The maximum atomic E-state index is 13.1. The largest absolute Gasteiger partial charge is 0.387 e. The number of allylic oxidation sites excluding steroid dienone is 1. The Labute approximate surface area is 183 Å². The van der Waals surface area contributed by atoms with Crippen LogP contribution < -0.4 is 5.32 Å². The molecular formula is C25H30N4O2. The smallest absolute Gasteiger partial charge is 0.253 e. The number of carbonyl (C=O) groups excluding carboxylic acids is 1. The van der Waals surface area contributed by atoms with Crippen molar-refractivity contribution in [3.05, 3.63) is 53.4 Å². The Morgan fingerprint density at radius 2 is 1.84 bits per heavy atom. The minimum Gasteiger partial charge on any atom is -0.387 e. The number of morpholine rings is 1. The van der Waals surface area contributed by atoms with Gasteiger partial charge >= 0.3 is 0 Å². The van der Waals surface area contributed by atoms with Crippen LogP contribution in [0.1, 0.15) is 34.5 Å². The van der Waals surface area contributed by atoms with Crippen molar-refractivity contribution in [3.63, 3.8) is 0 Å². The second kappa shape index (κ2) is 8.81. The molecule has 162 valence electrons. The zero-order chi connectivity index (χ0) is 21.2.